The van der Waals surface area contributed by atoms with E-state index in [4.69, 9.17) is 5.73 Å². The monoisotopic (exact) mass is 402 g/mol. The Balaban J connectivity index is 2.08. The number of carbonyl (C=O) groups excluding carboxylic acids is 4. The zero-order chi connectivity index (χ0) is 19.3. The summed E-state index contributed by atoms with van der Waals surface area (Å²) in [4.78, 5) is 50.2. The molecule has 3 unspecified atom stereocenters. The smallest absolute Gasteiger partial charge is 0.246 e. The molecule has 8 nitrogen and oxygen atoms in total. The summed E-state index contributed by atoms with van der Waals surface area (Å²) in [7, 11) is 0. The fourth-order valence-electron chi connectivity index (χ4n) is 3.09. The zero-order valence-corrected chi connectivity index (χ0v) is 16.7. The normalized spacial score (nSPS) is 26.9. The van der Waals surface area contributed by atoms with Crippen LogP contribution in [0.2, 0.25) is 0 Å². The van der Waals surface area contributed by atoms with Gasteiger partial charge in [-0.1, -0.05) is 6.92 Å². The summed E-state index contributed by atoms with van der Waals surface area (Å²) in [5, 5.41) is 5.49. The first-order chi connectivity index (χ1) is 12.3. The van der Waals surface area contributed by atoms with Crippen molar-refractivity contribution < 1.29 is 19.2 Å². The van der Waals surface area contributed by atoms with Crippen molar-refractivity contribution in [2.45, 2.75) is 44.3 Å². The van der Waals surface area contributed by atoms with Gasteiger partial charge in [0.05, 0.1) is 5.88 Å². The van der Waals surface area contributed by atoms with Crippen LogP contribution >= 0.6 is 23.5 Å². The highest BCUT2D eigenvalue weighted by molar-refractivity contribution is 7.99. The first-order valence-electron chi connectivity index (χ1n) is 8.61. The van der Waals surface area contributed by atoms with E-state index in [0.29, 0.717) is 36.6 Å². The molecule has 2 aliphatic heterocycles. The Morgan fingerprint density at radius 1 is 1.46 bits per heavy atom. The van der Waals surface area contributed by atoms with Gasteiger partial charge >= 0.3 is 0 Å². The maximum Gasteiger partial charge on any atom is 0.246 e. The number of piperidine rings is 1. The molecule has 0 aromatic carbocycles. The van der Waals surface area contributed by atoms with Gasteiger partial charge in [-0.2, -0.15) is 11.8 Å². The number of primary amides is 1. The van der Waals surface area contributed by atoms with Gasteiger partial charge in [-0.25, -0.2) is 0 Å². The third kappa shape index (κ3) is 5.06. The average molecular weight is 403 g/mol. The van der Waals surface area contributed by atoms with Gasteiger partial charge in [-0.15, -0.1) is 11.8 Å². The van der Waals surface area contributed by atoms with Gasteiger partial charge in [-0.3, -0.25) is 19.2 Å². The van der Waals surface area contributed by atoms with Gasteiger partial charge in [-0.05, 0) is 30.8 Å². The molecular weight excluding hydrogens is 376 g/mol. The lowest BCUT2D eigenvalue weighted by Gasteiger charge is -2.31. The lowest BCUT2D eigenvalue weighted by molar-refractivity contribution is -0.141. The van der Waals surface area contributed by atoms with Crippen LogP contribution in [-0.4, -0.2) is 70.3 Å². The predicted molar refractivity (Wildman–Crippen MR) is 102 cm³/mol. The first kappa shape index (κ1) is 20.9. The highest BCUT2D eigenvalue weighted by atomic mass is 32.2. The molecular formula is C16H26N4O4S2. The second-order valence-corrected chi connectivity index (χ2v) is 8.62. The fraction of sp³-hybridized carbons (Fsp3) is 0.750. The Labute approximate surface area is 161 Å². The van der Waals surface area contributed by atoms with Crippen molar-refractivity contribution >= 4 is 47.2 Å². The minimum atomic E-state index is -0.735. The molecule has 0 radical (unpaired) electrons. The molecule has 2 saturated heterocycles. The quantitative estimate of drug-likeness (QED) is 0.529. The summed E-state index contributed by atoms with van der Waals surface area (Å²) < 4.78 is 0. The maximum absolute atomic E-state index is 12.9. The van der Waals surface area contributed by atoms with Crippen molar-refractivity contribution in [2.75, 3.05) is 23.6 Å². The molecule has 0 spiro atoms. The van der Waals surface area contributed by atoms with Crippen molar-refractivity contribution in [3.05, 3.63) is 0 Å². The van der Waals surface area contributed by atoms with Gasteiger partial charge in [0.25, 0.3) is 0 Å². The van der Waals surface area contributed by atoms with E-state index in [9.17, 15) is 19.2 Å². The number of carbonyl (C=O) groups is 4. The minimum absolute atomic E-state index is 0.00436. The van der Waals surface area contributed by atoms with Crippen LogP contribution in [0.3, 0.4) is 0 Å². The largest absolute Gasteiger partial charge is 0.368 e. The number of amides is 4. The number of nitrogens with zero attached hydrogens (tertiary/aromatic N) is 1. The van der Waals surface area contributed by atoms with Crippen molar-refractivity contribution in [2.24, 2.45) is 11.7 Å². The predicted octanol–water partition coefficient (Wildman–Crippen LogP) is -0.474. The van der Waals surface area contributed by atoms with Gasteiger partial charge in [0.15, 0.2) is 0 Å². The summed E-state index contributed by atoms with van der Waals surface area (Å²) >= 11 is 3.04. The number of nitrogens with two attached hydrogens (primary N) is 1. The van der Waals surface area contributed by atoms with Crippen LogP contribution in [0.5, 0.6) is 0 Å². The standard InChI is InChI=1S/C16H26N4O4S2/c1-9-3-4-12(21)19-13(9)15(23)18-10(5-6-25-2)16(24)20-8-26-7-11(20)14(17)22/h9-11,13H,3-8H2,1-2H3,(H2,17,22)(H,18,23)(H,19,21)/t9?,10-,11?,13?/m0/s1. The summed E-state index contributed by atoms with van der Waals surface area (Å²) in [6.07, 6.45) is 3.42. The summed E-state index contributed by atoms with van der Waals surface area (Å²) in [5.74, 6) is 0.208. The van der Waals surface area contributed by atoms with E-state index in [-0.39, 0.29) is 23.6 Å². The lowest BCUT2D eigenvalue weighted by atomic mass is 9.91. The highest BCUT2D eigenvalue weighted by Gasteiger charge is 2.38. The molecule has 4 atom stereocenters. The molecule has 0 saturated carbocycles. The van der Waals surface area contributed by atoms with Crippen molar-refractivity contribution in [3.8, 4) is 0 Å². The van der Waals surface area contributed by atoms with Crippen molar-refractivity contribution in [1.82, 2.24) is 15.5 Å². The van der Waals surface area contributed by atoms with Crippen LogP contribution in [0.4, 0.5) is 0 Å². The van der Waals surface area contributed by atoms with Crippen LogP contribution in [-0.2, 0) is 19.2 Å². The van der Waals surface area contributed by atoms with E-state index in [1.54, 1.807) is 11.8 Å². The lowest BCUT2D eigenvalue weighted by Crippen LogP contribution is -2.59. The molecule has 10 heteroatoms. The van der Waals surface area contributed by atoms with Crippen LogP contribution in [0, 0.1) is 5.92 Å². The molecule has 2 rings (SSSR count). The highest BCUT2D eigenvalue weighted by Crippen LogP contribution is 2.23. The minimum Gasteiger partial charge on any atom is -0.368 e. The van der Waals surface area contributed by atoms with Gasteiger partial charge < -0.3 is 21.3 Å². The second kappa shape index (κ2) is 9.50. The molecule has 0 aliphatic carbocycles. The molecule has 0 bridgehead atoms. The van der Waals surface area contributed by atoms with Crippen LogP contribution in [0.25, 0.3) is 0 Å². The molecule has 146 valence electrons. The van der Waals surface area contributed by atoms with Crippen molar-refractivity contribution in [3.63, 3.8) is 0 Å². The molecule has 2 aliphatic rings. The molecule has 4 N–H and O–H groups in total. The molecule has 0 aromatic heterocycles. The van der Waals surface area contributed by atoms with Gasteiger partial charge in [0, 0.05) is 12.2 Å². The Hall–Kier alpha value is -1.42. The third-order valence-electron chi connectivity index (χ3n) is 4.71. The van der Waals surface area contributed by atoms with E-state index < -0.39 is 24.0 Å². The van der Waals surface area contributed by atoms with Gasteiger partial charge in [0.2, 0.25) is 23.6 Å². The van der Waals surface area contributed by atoms with Crippen molar-refractivity contribution in [1.29, 1.82) is 0 Å². The SMILES string of the molecule is CSCC[C@H](NC(=O)C1NC(=O)CCC1C)C(=O)N1CSCC1C(N)=O. The molecule has 26 heavy (non-hydrogen) atoms. The summed E-state index contributed by atoms with van der Waals surface area (Å²) in [6, 6.07) is -2.02. The Morgan fingerprint density at radius 2 is 2.19 bits per heavy atom. The molecule has 0 aromatic rings. The Bertz CT molecular complexity index is 574. The Morgan fingerprint density at radius 3 is 2.85 bits per heavy atom. The van der Waals surface area contributed by atoms with Crippen LogP contribution in [0.15, 0.2) is 0 Å². The van der Waals surface area contributed by atoms with E-state index in [1.165, 1.54) is 16.7 Å². The number of rotatable bonds is 7. The maximum atomic E-state index is 12.9. The molecule has 4 amide bonds. The Kier molecular flexibility index (Phi) is 7.63. The molecule has 2 fully saturated rings. The van der Waals surface area contributed by atoms with E-state index in [0.717, 1.165) is 0 Å². The average Bonchev–Trinajstić information content (AvgIpc) is 3.09. The summed E-state index contributed by atoms with van der Waals surface area (Å²) in [6.45, 7) is 1.91. The zero-order valence-electron chi connectivity index (χ0n) is 15.0. The number of thioether (sulfide) groups is 2. The van der Waals surface area contributed by atoms with E-state index >= 15 is 0 Å². The third-order valence-corrected chi connectivity index (χ3v) is 6.37. The fourth-order valence-corrected chi connectivity index (χ4v) is 4.74. The van der Waals surface area contributed by atoms with Crippen LogP contribution in [0.1, 0.15) is 26.2 Å². The van der Waals surface area contributed by atoms with E-state index in [2.05, 4.69) is 10.6 Å². The summed E-state index contributed by atoms with van der Waals surface area (Å²) in [5.41, 5.74) is 5.39. The number of hydrogen-bond acceptors (Lipinski definition) is 6. The second-order valence-electron chi connectivity index (χ2n) is 6.63. The first-order valence-corrected chi connectivity index (χ1v) is 11.2. The topological polar surface area (TPSA) is 122 Å². The number of hydrogen-bond donors (Lipinski definition) is 3. The van der Waals surface area contributed by atoms with E-state index in [1.807, 2.05) is 13.2 Å². The number of nitrogens with one attached hydrogen (secondary N) is 2. The molecule has 2 heterocycles. The van der Waals surface area contributed by atoms with Crippen LogP contribution < -0.4 is 16.4 Å². The van der Waals surface area contributed by atoms with Gasteiger partial charge in [0.1, 0.15) is 18.1 Å².